The van der Waals surface area contributed by atoms with Gasteiger partial charge >= 0.3 is 5.97 Å². The van der Waals surface area contributed by atoms with Crippen LogP contribution < -0.4 is 4.74 Å². The lowest BCUT2D eigenvalue weighted by atomic mass is 9.55. The van der Waals surface area contributed by atoms with Gasteiger partial charge in [-0.05, 0) is 90.7 Å². The number of ether oxygens (including phenoxy) is 3. The second kappa shape index (κ2) is 10.8. The maximum atomic E-state index is 12.5. The Hall–Kier alpha value is -2.37. The molecule has 0 bridgehead atoms. The fourth-order valence-electron chi connectivity index (χ4n) is 7.81. The lowest BCUT2D eigenvalue weighted by Gasteiger charge is -2.50. The fourth-order valence-corrected chi connectivity index (χ4v) is 7.81. The normalized spacial score (nSPS) is 40.5. The van der Waals surface area contributed by atoms with Crippen molar-refractivity contribution in [2.75, 3.05) is 6.61 Å². The summed E-state index contributed by atoms with van der Waals surface area (Å²) < 4.78 is 17.3. The third-order valence-corrected chi connectivity index (χ3v) is 10.0. The molecule has 216 valence electrons. The summed E-state index contributed by atoms with van der Waals surface area (Å²) in [4.78, 5) is 12.5. The van der Waals surface area contributed by atoms with E-state index in [1.165, 1.54) is 11.1 Å². The number of aryl methyl sites for hydroxylation is 1. The summed E-state index contributed by atoms with van der Waals surface area (Å²) in [6.45, 7) is 1.57. The van der Waals surface area contributed by atoms with Crippen LogP contribution in [-0.4, -0.2) is 81.0 Å². The van der Waals surface area contributed by atoms with Crippen molar-refractivity contribution < 1.29 is 44.5 Å². The molecule has 0 unspecified atom stereocenters. The van der Waals surface area contributed by atoms with Crippen molar-refractivity contribution in [1.82, 2.24) is 0 Å². The minimum atomic E-state index is -1.52. The second-order valence-corrected chi connectivity index (χ2v) is 12.1. The van der Waals surface area contributed by atoms with Crippen molar-refractivity contribution >= 4 is 5.97 Å². The van der Waals surface area contributed by atoms with Gasteiger partial charge in [-0.15, -0.1) is 0 Å². The Labute approximate surface area is 233 Å². The number of hydrogen-bond acceptors (Lipinski definition) is 9. The van der Waals surface area contributed by atoms with E-state index in [-0.39, 0.29) is 17.3 Å². The van der Waals surface area contributed by atoms with Gasteiger partial charge in [-0.25, -0.2) is 4.79 Å². The number of fused-ring (bicyclic) bond motifs is 5. The number of aliphatic hydroxyl groups excluding tert-OH is 5. The second-order valence-electron chi connectivity index (χ2n) is 12.1. The van der Waals surface area contributed by atoms with Gasteiger partial charge in [0.2, 0.25) is 0 Å². The van der Waals surface area contributed by atoms with Gasteiger partial charge in [-0.3, -0.25) is 0 Å². The molecule has 2 saturated carbocycles. The highest BCUT2D eigenvalue weighted by molar-refractivity contribution is 5.91. The quantitative estimate of drug-likeness (QED) is 0.276. The van der Waals surface area contributed by atoms with Crippen LogP contribution in [-0.2, 0) is 15.9 Å². The molecule has 1 saturated heterocycles. The van der Waals surface area contributed by atoms with Crippen LogP contribution in [0.4, 0.5) is 0 Å². The largest absolute Gasteiger partial charge is 0.423 e. The number of hydrogen-bond donors (Lipinski definition) is 5. The third kappa shape index (κ3) is 4.67. The summed E-state index contributed by atoms with van der Waals surface area (Å²) >= 11 is 0. The molecule has 9 heteroatoms. The Kier molecular flexibility index (Phi) is 7.50. The zero-order valence-corrected chi connectivity index (χ0v) is 22.5. The standard InChI is InChI=1S/C31H38O9/c1-31-12-11-20-19-10-8-18(38-29(37)16-5-3-2-4-6-16)13-17(19)7-9-21(20)22(31)14-23(28(31)36)39-30-27(35)26(34)25(33)24(15-32)40-30/h2-6,8,10,13,20-28,30,32-36H,7,9,11-12,14-15H2,1H3/t20-,21-,22+,23-,24-,25-,26+,27-,28+,30-,31+/m1/s1. The van der Waals surface area contributed by atoms with Crippen LogP contribution in [0.3, 0.4) is 0 Å². The van der Waals surface area contributed by atoms with Crippen LogP contribution in [0.5, 0.6) is 5.75 Å². The van der Waals surface area contributed by atoms with Crippen LogP contribution in [0.1, 0.15) is 60.0 Å². The molecule has 11 atom stereocenters. The van der Waals surface area contributed by atoms with Gasteiger partial charge in [0.05, 0.1) is 24.4 Å². The monoisotopic (exact) mass is 554 g/mol. The number of carbonyl (C=O) groups excluding carboxylic acids is 1. The summed E-state index contributed by atoms with van der Waals surface area (Å²) in [5.74, 6) is 0.991. The van der Waals surface area contributed by atoms with Gasteiger partial charge in [0.1, 0.15) is 30.2 Å². The molecule has 6 rings (SSSR count). The first-order valence-corrected chi connectivity index (χ1v) is 14.3. The summed E-state index contributed by atoms with van der Waals surface area (Å²) in [6, 6.07) is 14.9. The third-order valence-electron chi connectivity index (χ3n) is 10.0. The molecule has 5 N–H and O–H groups in total. The van der Waals surface area contributed by atoms with E-state index >= 15 is 0 Å². The predicted octanol–water partition coefficient (Wildman–Crippen LogP) is 1.92. The number of rotatable bonds is 5. The molecular formula is C31H38O9. The highest BCUT2D eigenvalue weighted by Gasteiger charge is 2.59. The van der Waals surface area contributed by atoms with E-state index < -0.39 is 49.5 Å². The van der Waals surface area contributed by atoms with E-state index in [1.54, 1.807) is 24.3 Å². The van der Waals surface area contributed by atoms with Crippen LogP contribution in [0, 0.1) is 17.3 Å². The van der Waals surface area contributed by atoms with Crippen molar-refractivity contribution in [3.63, 3.8) is 0 Å². The molecule has 0 aromatic heterocycles. The molecule has 2 aromatic rings. The average molecular weight is 555 g/mol. The molecule has 3 fully saturated rings. The summed E-state index contributed by atoms with van der Waals surface area (Å²) in [5, 5.41) is 51.7. The van der Waals surface area contributed by atoms with Crippen molar-refractivity contribution in [3.8, 4) is 5.75 Å². The fraction of sp³-hybridized carbons (Fsp3) is 0.581. The van der Waals surface area contributed by atoms with Crippen LogP contribution in [0.15, 0.2) is 48.5 Å². The maximum absolute atomic E-state index is 12.5. The zero-order valence-electron chi connectivity index (χ0n) is 22.5. The van der Waals surface area contributed by atoms with Crippen molar-refractivity contribution in [2.45, 2.75) is 87.9 Å². The highest BCUT2D eigenvalue weighted by atomic mass is 16.7. The minimum absolute atomic E-state index is 0.180. The molecule has 1 aliphatic heterocycles. The van der Waals surface area contributed by atoms with E-state index in [1.807, 2.05) is 18.2 Å². The summed E-state index contributed by atoms with van der Waals surface area (Å²) in [6.07, 6.45) is -4.13. The number of carbonyl (C=O) groups is 1. The first-order valence-electron chi connectivity index (χ1n) is 14.3. The van der Waals surface area contributed by atoms with E-state index in [0.717, 1.165) is 25.7 Å². The Morgan fingerprint density at radius 3 is 2.55 bits per heavy atom. The number of benzene rings is 2. The minimum Gasteiger partial charge on any atom is -0.423 e. The van der Waals surface area contributed by atoms with Crippen molar-refractivity contribution in [2.24, 2.45) is 17.3 Å². The van der Waals surface area contributed by atoms with Crippen molar-refractivity contribution in [1.29, 1.82) is 0 Å². The van der Waals surface area contributed by atoms with E-state index in [9.17, 15) is 30.3 Å². The van der Waals surface area contributed by atoms with Gasteiger partial charge in [0, 0.05) is 0 Å². The first-order chi connectivity index (χ1) is 19.2. The molecule has 3 aliphatic carbocycles. The topological polar surface area (TPSA) is 146 Å². The van der Waals surface area contributed by atoms with E-state index in [0.29, 0.717) is 29.6 Å². The molecule has 4 aliphatic rings. The molecule has 9 nitrogen and oxygen atoms in total. The Balaban J connectivity index is 1.17. The highest BCUT2D eigenvalue weighted by Crippen LogP contribution is 2.61. The lowest BCUT2D eigenvalue weighted by molar-refractivity contribution is -0.316. The zero-order chi connectivity index (χ0) is 28.2. The molecule has 0 radical (unpaired) electrons. The Morgan fingerprint density at radius 2 is 1.80 bits per heavy atom. The van der Waals surface area contributed by atoms with Crippen LogP contribution in [0.2, 0.25) is 0 Å². The van der Waals surface area contributed by atoms with E-state index in [4.69, 9.17) is 14.2 Å². The SMILES string of the molecule is C[C@]12CC[C@@H]3c4ccc(OC(=O)c5ccccc5)cc4CC[C@H]3[C@@H]1C[C@@H](O[C@@H]1O[C@H](CO)[C@@H](O)[C@H](O)[C@H]1O)[C@@H]2O. The average Bonchev–Trinajstić information content (AvgIpc) is 3.23. The van der Waals surface area contributed by atoms with Gasteiger partial charge in [0.25, 0.3) is 0 Å². The lowest BCUT2D eigenvalue weighted by Crippen LogP contribution is -2.60. The van der Waals surface area contributed by atoms with Gasteiger partial charge in [-0.2, -0.15) is 0 Å². The smallest absolute Gasteiger partial charge is 0.343 e. The first kappa shape index (κ1) is 27.8. The number of aliphatic hydroxyl groups is 5. The predicted molar refractivity (Wildman–Crippen MR) is 142 cm³/mol. The van der Waals surface area contributed by atoms with Crippen LogP contribution in [0.25, 0.3) is 0 Å². The van der Waals surface area contributed by atoms with E-state index in [2.05, 4.69) is 13.0 Å². The van der Waals surface area contributed by atoms with Gasteiger partial charge in [0.15, 0.2) is 6.29 Å². The summed E-state index contributed by atoms with van der Waals surface area (Å²) in [7, 11) is 0. The Bertz CT molecular complexity index is 1220. The van der Waals surface area contributed by atoms with Gasteiger partial charge < -0.3 is 39.7 Å². The number of esters is 1. The Morgan fingerprint density at radius 1 is 1.02 bits per heavy atom. The van der Waals surface area contributed by atoms with Gasteiger partial charge in [-0.1, -0.05) is 31.2 Å². The molecule has 40 heavy (non-hydrogen) atoms. The maximum Gasteiger partial charge on any atom is 0.343 e. The molecule has 0 amide bonds. The van der Waals surface area contributed by atoms with Crippen LogP contribution >= 0.6 is 0 Å². The van der Waals surface area contributed by atoms with Crippen molar-refractivity contribution in [3.05, 3.63) is 65.2 Å². The molecule has 1 heterocycles. The molecule has 2 aromatic carbocycles. The molecular weight excluding hydrogens is 516 g/mol. The molecule has 0 spiro atoms. The summed E-state index contributed by atoms with van der Waals surface area (Å²) in [5.41, 5.74) is 2.59.